The van der Waals surface area contributed by atoms with Crippen LogP contribution in [-0.2, 0) is 14.8 Å². The predicted molar refractivity (Wildman–Crippen MR) is 86.1 cm³/mol. The maximum Gasteiger partial charge on any atom is 0.223 e. The highest BCUT2D eigenvalue weighted by Gasteiger charge is 2.19. The molecule has 1 amide bonds. The van der Waals surface area contributed by atoms with Crippen molar-refractivity contribution >= 4 is 21.6 Å². The number of aryl methyl sites for hydroxylation is 1. The highest BCUT2D eigenvalue weighted by molar-refractivity contribution is 7.88. The molecule has 0 fully saturated rings. The molecule has 6 heteroatoms. The second-order valence-electron chi connectivity index (χ2n) is 5.50. The van der Waals surface area contributed by atoms with E-state index in [-0.39, 0.29) is 18.4 Å². The van der Waals surface area contributed by atoms with Gasteiger partial charge in [-0.1, -0.05) is 32.0 Å². The smallest absolute Gasteiger partial charge is 0.223 e. The van der Waals surface area contributed by atoms with Gasteiger partial charge in [-0.05, 0) is 24.0 Å². The zero-order valence-electron chi connectivity index (χ0n) is 13.3. The van der Waals surface area contributed by atoms with Gasteiger partial charge in [0.2, 0.25) is 15.9 Å². The third-order valence-corrected chi connectivity index (χ3v) is 3.97. The molecule has 0 spiro atoms. The summed E-state index contributed by atoms with van der Waals surface area (Å²) in [6.07, 6.45) is 1.11. The highest BCUT2D eigenvalue weighted by atomic mass is 32.2. The van der Waals surface area contributed by atoms with Gasteiger partial charge in [0.1, 0.15) is 0 Å². The monoisotopic (exact) mass is 312 g/mol. The second-order valence-corrected chi connectivity index (χ2v) is 7.34. The number of nitrogens with zero attached hydrogens (tertiary/aromatic N) is 1. The molecule has 0 aliphatic heterocycles. The average molecular weight is 312 g/mol. The summed E-state index contributed by atoms with van der Waals surface area (Å²) in [6, 6.07) is 5.94. The summed E-state index contributed by atoms with van der Waals surface area (Å²) in [5.41, 5.74) is 2.98. The summed E-state index contributed by atoms with van der Waals surface area (Å²) in [4.78, 5) is 13.6. The molecule has 1 N–H and O–H groups in total. The summed E-state index contributed by atoms with van der Waals surface area (Å²) in [5.74, 6) is 0.186. The highest BCUT2D eigenvalue weighted by Crippen LogP contribution is 2.30. The average Bonchev–Trinajstić information content (AvgIpc) is 2.33. The minimum Gasteiger partial charge on any atom is -0.311 e. The maximum absolute atomic E-state index is 12.0. The van der Waals surface area contributed by atoms with E-state index in [0.717, 1.165) is 23.1 Å². The van der Waals surface area contributed by atoms with E-state index in [9.17, 15) is 13.2 Å². The normalized spacial score (nSPS) is 11.7. The van der Waals surface area contributed by atoms with E-state index in [1.807, 2.05) is 25.1 Å². The lowest BCUT2D eigenvalue weighted by atomic mass is 9.97. The van der Waals surface area contributed by atoms with E-state index in [4.69, 9.17) is 0 Å². The molecule has 0 radical (unpaired) electrons. The van der Waals surface area contributed by atoms with E-state index in [1.54, 1.807) is 4.90 Å². The third-order valence-electron chi connectivity index (χ3n) is 3.24. The largest absolute Gasteiger partial charge is 0.311 e. The van der Waals surface area contributed by atoms with Crippen LogP contribution >= 0.6 is 0 Å². The fourth-order valence-corrected chi connectivity index (χ4v) is 2.75. The Morgan fingerprint density at radius 1 is 1.33 bits per heavy atom. The molecule has 118 valence electrons. The Kier molecular flexibility index (Phi) is 5.92. The van der Waals surface area contributed by atoms with Gasteiger partial charge in [0.05, 0.1) is 11.9 Å². The molecule has 0 saturated heterocycles. The lowest BCUT2D eigenvalue weighted by Gasteiger charge is -2.27. The van der Waals surface area contributed by atoms with Crippen molar-refractivity contribution in [3.05, 3.63) is 29.3 Å². The van der Waals surface area contributed by atoms with Gasteiger partial charge in [-0.25, -0.2) is 13.1 Å². The van der Waals surface area contributed by atoms with Crippen LogP contribution < -0.4 is 9.62 Å². The first-order chi connectivity index (χ1) is 9.63. The molecule has 0 aromatic heterocycles. The van der Waals surface area contributed by atoms with Gasteiger partial charge >= 0.3 is 0 Å². The number of hydrogen-bond acceptors (Lipinski definition) is 3. The predicted octanol–water partition coefficient (Wildman–Crippen LogP) is 2.02. The van der Waals surface area contributed by atoms with Crippen LogP contribution in [0.4, 0.5) is 5.69 Å². The summed E-state index contributed by atoms with van der Waals surface area (Å²) in [7, 11) is -3.25. The van der Waals surface area contributed by atoms with Crippen molar-refractivity contribution in [2.45, 2.75) is 33.6 Å². The van der Waals surface area contributed by atoms with Gasteiger partial charge in [-0.3, -0.25) is 4.79 Å². The van der Waals surface area contributed by atoms with Crippen molar-refractivity contribution in [2.75, 3.05) is 24.2 Å². The quantitative estimate of drug-likeness (QED) is 0.874. The van der Waals surface area contributed by atoms with Crippen LogP contribution in [-0.4, -0.2) is 33.7 Å². The first kappa shape index (κ1) is 17.7. The molecule has 0 aliphatic rings. The number of hydrogen-bond donors (Lipinski definition) is 1. The van der Waals surface area contributed by atoms with E-state index < -0.39 is 10.0 Å². The van der Waals surface area contributed by atoms with Gasteiger partial charge < -0.3 is 4.90 Å². The van der Waals surface area contributed by atoms with Crippen LogP contribution in [0, 0.1) is 6.92 Å². The van der Waals surface area contributed by atoms with Crippen molar-refractivity contribution in [3.8, 4) is 0 Å². The van der Waals surface area contributed by atoms with E-state index in [0.29, 0.717) is 6.54 Å². The molecule has 0 aliphatic carbocycles. The molecule has 0 atom stereocenters. The lowest BCUT2D eigenvalue weighted by molar-refractivity contribution is -0.116. The number of rotatable bonds is 6. The van der Waals surface area contributed by atoms with Crippen LogP contribution in [0.5, 0.6) is 0 Å². The molecular weight excluding hydrogens is 288 g/mol. The maximum atomic E-state index is 12.0. The molecule has 1 aromatic carbocycles. The second kappa shape index (κ2) is 7.04. The number of nitrogens with one attached hydrogen (secondary N) is 1. The van der Waals surface area contributed by atoms with Gasteiger partial charge in [-0.2, -0.15) is 0 Å². The van der Waals surface area contributed by atoms with Crippen LogP contribution in [0.15, 0.2) is 18.2 Å². The molecule has 1 aromatic rings. The Balaban J connectivity index is 3.09. The fourth-order valence-electron chi connectivity index (χ4n) is 2.29. The van der Waals surface area contributed by atoms with Gasteiger partial charge in [-0.15, -0.1) is 0 Å². The van der Waals surface area contributed by atoms with Crippen LogP contribution in [0.3, 0.4) is 0 Å². The summed E-state index contributed by atoms with van der Waals surface area (Å²) >= 11 is 0. The molecule has 21 heavy (non-hydrogen) atoms. The van der Waals surface area contributed by atoms with Crippen LogP contribution in [0.25, 0.3) is 0 Å². The molecule has 0 saturated carbocycles. The van der Waals surface area contributed by atoms with Gasteiger partial charge in [0, 0.05) is 20.0 Å². The van der Waals surface area contributed by atoms with Crippen molar-refractivity contribution in [2.24, 2.45) is 0 Å². The SMILES string of the molecule is CC(=O)N(CCNS(C)(=O)=O)c1c(C)cccc1C(C)C. The zero-order chi connectivity index (χ0) is 16.2. The Morgan fingerprint density at radius 2 is 1.95 bits per heavy atom. The summed E-state index contributed by atoms with van der Waals surface area (Å²) in [5, 5.41) is 0. The molecule has 5 nitrogen and oxygen atoms in total. The van der Waals surface area contributed by atoms with Gasteiger partial charge in [0.25, 0.3) is 0 Å². The summed E-state index contributed by atoms with van der Waals surface area (Å²) < 4.78 is 24.7. The van der Waals surface area contributed by atoms with Crippen molar-refractivity contribution in [3.63, 3.8) is 0 Å². The zero-order valence-corrected chi connectivity index (χ0v) is 14.1. The number of sulfonamides is 1. The molecule has 0 bridgehead atoms. The Morgan fingerprint density at radius 3 is 2.43 bits per heavy atom. The van der Waals surface area contributed by atoms with Crippen molar-refractivity contribution < 1.29 is 13.2 Å². The third kappa shape index (κ3) is 5.13. The first-order valence-corrected chi connectivity index (χ1v) is 8.85. The topological polar surface area (TPSA) is 66.5 Å². The van der Waals surface area contributed by atoms with Crippen molar-refractivity contribution in [1.82, 2.24) is 4.72 Å². The molecule has 0 unspecified atom stereocenters. The molecule has 0 heterocycles. The van der Waals surface area contributed by atoms with Crippen LogP contribution in [0.2, 0.25) is 0 Å². The number of para-hydroxylation sites is 1. The van der Waals surface area contributed by atoms with E-state index in [2.05, 4.69) is 18.6 Å². The number of carbonyl (C=O) groups is 1. The lowest BCUT2D eigenvalue weighted by Crippen LogP contribution is -2.38. The van der Waals surface area contributed by atoms with Crippen molar-refractivity contribution in [1.29, 1.82) is 0 Å². The first-order valence-electron chi connectivity index (χ1n) is 6.95. The number of carbonyl (C=O) groups excluding carboxylic acids is 1. The van der Waals surface area contributed by atoms with E-state index in [1.165, 1.54) is 6.92 Å². The summed E-state index contributed by atoms with van der Waals surface area (Å²) in [6.45, 7) is 8.12. The Bertz CT molecular complexity index is 609. The number of amides is 1. The van der Waals surface area contributed by atoms with E-state index >= 15 is 0 Å². The fraction of sp³-hybridized carbons (Fsp3) is 0.533. The molecule has 1 rings (SSSR count). The van der Waals surface area contributed by atoms with Crippen LogP contribution in [0.1, 0.15) is 37.8 Å². The molecular formula is C15H24N2O3S. The Labute approximate surface area is 127 Å². The number of anilines is 1. The minimum absolute atomic E-state index is 0.0958. The number of benzene rings is 1. The minimum atomic E-state index is -3.25. The standard InChI is InChI=1S/C15H24N2O3S/c1-11(2)14-8-6-7-12(3)15(14)17(13(4)18)10-9-16-21(5,19)20/h6-8,11,16H,9-10H2,1-5H3. The van der Waals surface area contributed by atoms with Gasteiger partial charge in [0.15, 0.2) is 0 Å². The Hall–Kier alpha value is -1.40.